The number of anilines is 1. The number of carbonyl (C=O) groups excluding carboxylic acids is 2. The van der Waals surface area contributed by atoms with E-state index in [1.807, 2.05) is 47.9 Å². The molecule has 1 aliphatic heterocycles. The minimum absolute atomic E-state index is 0.116. The number of rotatable bonds is 4. The molecule has 3 rings (SSSR count). The molecule has 1 saturated heterocycles. The summed E-state index contributed by atoms with van der Waals surface area (Å²) in [5, 5.41) is 6.90. The lowest BCUT2D eigenvalue weighted by Crippen LogP contribution is -2.55. The Morgan fingerprint density at radius 3 is 2.67 bits per heavy atom. The first kappa shape index (κ1) is 19.1. The highest BCUT2D eigenvalue weighted by atomic mass is 16.5. The number of carbonyl (C=O) groups is 2. The standard InChI is InChI=1S/C19H25N5O3/c1-13-6-5-7-14(19(26)27-4)17(13)21-18(25)15-8-9-16(23(3)22(15)2)24-11-10-20-12-24/h5-7,10-12,15-16H,8-9H2,1-4H3,(H,21,25). The summed E-state index contributed by atoms with van der Waals surface area (Å²) in [6.45, 7) is 1.85. The molecule has 0 bridgehead atoms. The Balaban J connectivity index is 1.77. The summed E-state index contributed by atoms with van der Waals surface area (Å²) >= 11 is 0. The van der Waals surface area contributed by atoms with Gasteiger partial charge in [0.05, 0.1) is 24.7 Å². The molecule has 1 fully saturated rings. The second-order valence-electron chi connectivity index (χ2n) is 6.71. The van der Waals surface area contributed by atoms with Crippen LogP contribution in [0.5, 0.6) is 0 Å². The number of methoxy groups -OCH3 is 1. The van der Waals surface area contributed by atoms with Gasteiger partial charge in [0.2, 0.25) is 5.91 Å². The van der Waals surface area contributed by atoms with Crippen LogP contribution in [0.1, 0.15) is 34.9 Å². The topological polar surface area (TPSA) is 79.7 Å². The van der Waals surface area contributed by atoms with Crippen molar-refractivity contribution in [3.8, 4) is 0 Å². The van der Waals surface area contributed by atoms with Crippen LogP contribution in [0.3, 0.4) is 0 Å². The van der Waals surface area contributed by atoms with Crippen molar-refractivity contribution in [1.29, 1.82) is 0 Å². The largest absolute Gasteiger partial charge is 0.465 e. The summed E-state index contributed by atoms with van der Waals surface area (Å²) in [7, 11) is 5.18. The maximum Gasteiger partial charge on any atom is 0.339 e. The maximum absolute atomic E-state index is 13.0. The van der Waals surface area contributed by atoms with Gasteiger partial charge in [-0.15, -0.1) is 0 Å². The fourth-order valence-corrected chi connectivity index (χ4v) is 3.52. The minimum atomic E-state index is -0.469. The maximum atomic E-state index is 13.0. The number of benzene rings is 1. The van der Waals surface area contributed by atoms with Crippen LogP contribution in [0.15, 0.2) is 36.9 Å². The fraction of sp³-hybridized carbons (Fsp3) is 0.421. The van der Waals surface area contributed by atoms with E-state index in [2.05, 4.69) is 10.3 Å². The molecule has 8 heteroatoms. The van der Waals surface area contributed by atoms with E-state index in [-0.39, 0.29) is 18.1 Å². The number of likely N-dealkylation sites (N-methyl/N-ethyl adjacent to an activating group) is 1. The first-order valence-corrected chi connectivity index (χ1v) is 8.85. The van der Waals surface area contributed by atoms with Gasteiger partial charge >= 0.3 is 5.97 Å². The van der Waals surface area contributed by atoms with E-state index >= 15 is 0 Å². The van der Waals surface area contributed by atoms with Crippen molar-refractivity contribution >= 4 is 17.6 Å². The Hall–Kier alpha value is -2.71. The van der Waals surface area contributed by atoms with Gasteiger partial charge in [0, 0.05) is 26.5 Å². The molecule has 2 heterocycles. The Morgan fingerprint density at radius 2 is 2.00 bits per heavy atom. The molecule has 1 amide bonds. The number of amides is 1. The zero-order valence-electron chi connectivity index (χ0n) is 16.0. The Morgan fingerprint density at radius 1 is 1.22 bits per heavy atom. The molecule has 0 aliphatic carbocycles. The third kappa shape index (κ3) is 3.72. The molecular weight excluding hydrogens is 346 g/mol. The lowest BCUT2D eigenvalue weighted by atomic mass is 10.0. The lowest BCUT2D eigenvalue weighted by molar-refractivity contribution is -0.144. The number of aryl methyl sites for hydroxylation is 1. The molecule has 1 aliphatic rings. The highest BCUT2D eigenvalue weighted by Gasteiger charge is 2.35. The quantitative estimate of drug-likeness (QED) is 0.829. The van der Waals surface area contributed by atoms with Crippen molar-refractivity contribution in [2.24, 2.45) is 0 Å². The summed E-state index contributed by atoms with van der Waals surface area (Å²) < 4.78 is 6.86. The molecule has 2 atom stereocenters. The second-order valence-corrected chi connectivity index (χ2v) is 6.71. The Labute approximate surface area is 158 Å². The third-order valence-electron chi connectivity index (χ3n) is 5.18. The van der Waals surface area contributed by atoms with Crippen LogP contribution in [0, 0.1) is 6.92 Å². The number of hydrogen-bond acceptors (Lipinski definition) is 6. The average Bonchev–Trinajstić information content (AvgIpc) is 3.19. The second kappa shape index (κ2) is 7.89. The summed E-state index contributed by atoms with van der Waals surface area (Å²) in [5.41, 5.74) is 1.67. The van der Waals surface area contributed by atoms with Crippen LogP contribution in [0.2, 0.25) is 0 Å². The Bertz CT molecular complexity index is 821. The van der Waals surface area contributed by atoms with Gasteiger partial charge in [-0.3, -0.25) is 4.79 Å². The van der Waals surface area contributed by atoms with Crippen LogP contribution in [-0.2, 0) is 9.53 Å². The summed E-state index contributed by atoms with van der Waals surface area (Å²) in [5.74, 6) is -0.615. The summed E-state index contributed by atoms with van der Waals surface area (Å²) in [4.78, 5) is 29.1. The average molecular weight is 371 g/mol. The van der Waals surface area contributed by atoms with Gasteiger partial charge in [-0.05, 0) is 31.4 Å². The first-order valence-electron chi connectivity index (χ1n) is 8.85. The molecule has 27 heavy (non-hydrogen) atoms. The van der Waals surface area contributed by atoms with Crippen molar-refractivity contribution in [1.82, 2.24) is 19.6 Å². The van der Waals surface area contributed by atoms with E-state index in [9.17, 15) is 9.59 Å². The number of hydrogen-bond donors (Lipinski definition) is 1. The number of hydrazine groups is 1. The fourth-order valence-electron chi connectivity index (χ4n) is 3.52. The number of imidazole rings is 1. The molecule has 0 radical (unpaired) electrons. The van der Waals surface area contributed by atoms with E-state index in [1.54, 1.807) is 24.7 Å². The van der Waals surface area contributed by atoms with Gasteiger partial charge in [-0.2, -0.15) is 0 Å². The van der Waals surface area contributed by atoms with Crippen LogP contribution in [-0.4, -0.2) is 58.7 Å². The smallest absolute Gasteiger partial charge is 0.339 e. The summed E-state index contributed by atoms with van der Waals surface area (Å²) in [6, 6.07) is 4.95. The molecule has 1 aromatic carbocycles. The van der Waals surface area contributed by atoms with Gasteiger partial charge in [0.1, 0.15) is 12.2 Å². The monoisotopic (exact) mass is 371 g/mol. The number of para-hydroxylation sites is 1. The van der Waals surface area contributed by atoms with Gasteiger partial charge in [0.15, 0.2) is 0 Å². The highest BCUT2D eigenvalue weighted by Crippen LogP contribution is 2.29. The van der Waals surface area contributed by atoms with Crippen molar-refractivity contribution in [2.75, 3.05) is 26.5 Å². The molecule has 1 aromatic heterocycles. The van der Waals surface area contributed by atoms with Crippen LogP contribution >= 0.6 is 0 Å². The van der Waals surface area contributed by atoms with Crippen molar-refractivity contribution in [3.63, 3.8) is 0 Å². The molecule has 0 saturated carbocycles. The van der Waals surface area contributed by atoms with E-state index in [1.165, 1.54) is 7.11 Å². The predicted octanol–water partition coefficient (Wildman–Crippen LogP) is 2.06. The van der Waals surface area contributed by atoms with Crippen molar-refractivity contribution in [3.05, 3.63) is 48.0 Å². The van der Waals surface area contributed by atoms with E-state index in [4.69, 9.17) is 4.74 Å². The van der Waals surface area contributed by atoms with Crippen molar-refractivity contribution in [2.45, 2.75) is 32.0 Å². The molecule has 1 N–H and O–H groups in total. The van der Waals surface area contributed by atoms with Gasteiger partial charge in [-0.1, -0.05) is 12.1 Å². The predicted molar refractivity (Wildman–Crippen MR) is 101 cm³/mol. The summed E-state index contributed by atoms with van der Waals surface area (Å²) in [6.07, 6.45) is 7.07. The van der Waals surface area contributed by atoms with E-state index < -0.39 is 5.97 Å². The lowest BCUT2D eigenvalue weighted by Gasteiger charge is -2.44. The SMILES string of the molecule is COC(=O)c1cccc(C)c1NC(=O)C1CCC(n2ccnc2)N(C)N1C. The molecule has 144 valence electrons. The zero-order valence-corrected chi connectivity index (χ0v) is 16.0. The van der Waals surface area contributed by atoms with Crippen LogP contribution in [0.25, 0.3) is 0 Å². The van der Waals surface area contributed by atoms with Gasteiger partial charge in [0.25, 0.3) is 0 Å². The molecule has 0 spiro atoms. The number of nitrogens with one attached hydrogen (secondary N) is 1. The van der Waals surface area contributed by atoms with Gasteiger partial charge < -0.3 is 14.6 Å². The van der Waals surface area contributed by atoms with Crippen molar-refractivity contribution < 1.29 is 14.3 Å². The van der Waals surface area contributed by atoms with E-state index in [0.29, 0.717) is 17.7 Å². The zero-order chi connectivity index (χ0) is 19.6. The minimum Gasteiger partial charge on any atom is -0.465 e. The molecule has 2 aromatic rings. The molecule has 2 unspecified atom stereocenters. The van der Waals surface area contributed by atoms with Crippen LogP contribution < -0.4 is 5.32 Å². The molecular formula is C19H25N5O3. The normalized spacial score (nSPS) is 21.0. The number of aromatic nitrogens is 2. The molecule has 8 nitrogen and oxygen atoms in total. The van der Waals surface area contributed by atoms with Crippen LogP contribution in [0.4, 0.5) is 5.69 Å². The Kier molecular flexibility index (Phi) is 5.57. The van der Waals surface area contributed by atoms with E-state index in [0.717, 1.165) is 12.0 Å². The van der Waals surface area contributed by atoms with Gasteiger partial charge in [-0.25, -0.2) is 19.8 Å². The third-order valence-corrected chi connectivity index (χ3v) is 5.18. The number of ether oxygens (including phenoxy) is 1. The number of nitrogens with zero attached hydrogens (tertiary/aromatic N) is 4. The number of esters is 1. The first-order chi connectivity index (χ1) is 12.9. The highest BCUT2D eigenvalue weighted by molar-refractivity contribution is 6.03.